The molecule has 0 aliphatic carbocycles. The number of piperidine rings is 1. The van der Waals surface area contributed by atoms with Crippen molar-refractivity contribution in [3.05, 3.63) is 30.5 Å². The summed E-state index contributed by atoms with van der Waals surface area (Å²) < 4.78 is 5.46. The molecule has 2 heterocycles. The van der Waals surface area contributed by atoms with Crippen LogP contribution in [0.3, 0.4) is 0 Å². The minimum atomic E-state index is -0.478. The Bertz CT molecular complexity index is 868. The minimum absolute atomic E-state index is 0.123. The lowest BCUT2D eigenvalue weighted by Crippen LogP contribution is -2.44. The zero-order valence-corrected chi connectivity index (χ0v) is 16.9. The van der Waals surface area contributed by atoms with E-state index in [1.54, 1.807) is 11.1 Å². The molecule has 1 aromatic heterocycles. The Hall–Kier alpha value is -2.83. The van der Waals surface area contributed by atoms with E-state index in [1.807, 2.05) is 45.0 Å². The average molecular weight is 384 g/mol. The van der Waals surface area contributed by atoms with E-state index in [9.17, 15) is 9.59 Å². The molecule has 7 heteroatoms. The molecule has 0 spiro atoms. The Labute approximate surface area is 165 Å². The third-order valence-corrected chi connectivity index (χ3v) is 4.59. The minimum Gasteiger partial charge on any atom is -0.444 e. The molecule has 1 aliphatic heterocycles. The quantitative estimate of drug-likeness (QED) is 0.835. The lowest BCUT2D eigenvalue weighted by Gasteiger charge is -2.34. The SMILES string of the molecule is CC(=O)Nc1ccc(NC2CCN(C(=O)OC(C)(C)C)CC2)c2cccnc12. The first kappa shape index (κ1) is 19.9. The van der Waals surface area contributed by atoms with Crippen LogP contribution in [0.1, 0.15) is 40.5 Å². The first-order valence-electron chi connectivity index (χ1n) is 9.63. The summed E-state index contributed by atoms with van der Waals surface area (Å²) in [5, 5.41) is 7.37. The van der Waals surface area contributed by atoms with Crippen LogP contribution in [0.2, 0.25) is 0 Å². The van der Waals surface area contributed by atoms with Gasteiger partial charge in [-0.05, 0) is 57.9 Å². The monoisotopic (exact) mass is 384 g/mol. The number of likely N-dealkylation sites (tertiary alicyclic amines) is 1. The molecule has 2 N–H and O–H groups in total. The fourth-order valence-electron chi connectivity index (χ4n) is 3.34. The second kappa shape index (κ2) is 8.04. The standard InChI is InChI=1S/C21H28N4O3/c1-14(26)23-18-8-7-17(16-6-5-11-22-19(16)18)24-15-9-12-25(13-10-15)20(27)28-21(2,3)4/h5-8,11,15,24H,9-10,12-13H2,1-4H3,(H,23,26). The summed E-state index contributed by atoms with van der Waals surface area (Å²) in [6.07, 6.45) is 3.15. The van der Waals surface area contributed by atoms with Crippen molar-refractivity contribution in [3.63, 3.8) is 0 Å². The van der Waals surface area contributed by atoms with E-state index >= 15 is 0 Å². The summed E-state index contributed by atoms with van der Waals surface area (Å²) in [5.41, 5.74) is 1.96. The predicted octanol–water partition coefficient (Wildman–Crippen LogP) is 4.00. The van der Waals surface area contributed by atoms with Crippen molar-refractivity contribution in [2.24, 2.45) is 0 Å². The van der Waals surface area contributed by atoms with E-state index in [0.717, 1.165) is 29.4 Å². The van der Waals surface area contributed by atoms with Crippen LogP contribution in [0.25, 0.3) is 10.9 Å². The molecule has 0 unspecified atom stereocenters. The van der Waals surface area contributed by atoms with E-state index in [4.69, 9.17) is 4.74 Å². The summed E-state index contributed by atoms with van der Waals surface area (Å²) in [6.45, 7) is 8.44. The second-order valence-electron chi connectivity index (χ2n) is 8.13. The van der Waals surface area contributed by atoms with Crippen LogP contribution in [-0.2, 0) is 9.53 Å². The summed E-state index contributed by atoms with van der Waals surface area (Å²) >= 11 is 0. The smallest absolute Gasteiger partial charge is 0.410 e. The molecule has 0 bridgehead atoms. The van der Waals surface area contributed by atoms with Crippen LogP contribution < -0.4 is 10.6 Å². The third kappa shape index (κ3) is 4.91. The molecule has 1 fully saturated rings. The van der Waals surface area contributed by atoms with Crippen LogP contribution in [-0.4, -0.2) is 46.6 Å². The molecular weight excluding hydrogens is 356 g/mol. The van der Waals surface area contributed by atoms with Gasteiger partial charge in [-0.3, -0.25) is 9.78 Å². The molecule has 0 radical (unpaired) electrons. The summed E-state index contributed by atoms with van der Waals surface area (Å²) in [4.78, 5) is 29.9. The summed E-state index contributed by atoms with van der Waals surface area (Å²) in [6, 6.07) is 7.97. The highest BCUT2D eigenvalue weighted by Gasteiger charge is 2.27. The van der Waals surface area contributed by atoms with E-state index in [0.29, 0.717) is 18.8 Å². The topological polar surface area (TPSA) is 83.6 Å². The molecule has 7 nitrogen and oxygen atoms in total. The molecule has 1 aromatic carbocycles. The number of amides is 2. The number of benzene rings is 1. The normalized spacial score (nSPS) is 15.4. The molecule has 1 aliphatic rings. The maximum Gasteiger partial charge on any atom is 0.410 e. The van der Waals surface area contributed by atoms with Gasteiger partial charge in [0.25, 0.3) is 0 Å². The lowest BCUT2D eigenvalue weighted by atomic mass is 10.0. The number of carbonyl (C=O) groups is 2. The highest BCUT2D eigenvalue weighted by atomic mass is 16.6. The van der Waals surface area contributed by atoms with Crippen LogP contribution >= 0.6 is 0 Å². The van der Waals surface area contributed by atoms with E-state index in [1.165, 1.54) is 6.92 Å². The zero-order valence-electron chi connectivity index (χ0n) is 16.9. The van der Waals surface area contributed by atoms with Crippen LogP contribution in [0, 0.1) is 0 Å². The summed E-state index contributed by atoms with van der Waals surface area (Å²) in [5.74, 6) is -0.123. The predicted molar refractivity (Wildman–Crippen MR) is 110 cm³/mol. The van der Waals surface area contributed by atoms with Gasteiger partial charge in [0.1, 0.15) is 5.60 Å². The Balaban J connectivity index is 1.68. The number of nitrogens with one attached hydrogen (secondary N) is 2. The van der Waals surface area contributed by atoms with Gasteiger partial charge < -0.3 is 20.3 Å². The average Bonchev–Trinajstić information content (AvgIpc) is 2.62. The molecule has 28 heavy (non-hydrogen) atoms. The highest BCUT2D eigenvalue weighted by molar-refractivity contribution is 6.04. The van der Waals surface area contributed by atoms with E-state index in [2.05, 4.69) is 15.6 Å². The van der Waals surface area contributed by atoms with Crippen molar-refractivity contribution < 1.29 is 14.3 Å². The molecule has 150 valence electrons. The first-order chi connectivity index (χ1) is 13.2. The van der Waals surface area contributed by atoms with Gasteiger partial charge >= 0.3 is 6.09 Å². The molecule has 2 amide bonds. The van der Waals surface area contributed by atoms with Crippen molar-refractivity contribution in [1.29, 1.82) is 0 Å². The van der Waals surface area contributed by atoms with Crippen molar-refractivity contribution in [2.75, 3.05) is 23.7 Å². The number of hydrogen-bond acceptors (Lipinski definition) is 5. The molecular formula is C21H28N4O3. The van der Waals surface area contributed by atoms with E-state index < -0.39 is 5.60 Å². The van der Waals surface area contributed by atoms with Crippen molar-refractivity contribution in [1.82, 2.24) is 9.88 Å². The van der Waals surface area contributed by atoms with Gasteiger partial charge in [0.2, 0.25) is 5.91 Å². The van der Waals surface area contributed by atoms with Crippen LogP contribution in [0.4, 0.5) is 16.2 Å². The Morgan fingerprint density at radius 2 is 1.82 bits per heavy atom. The van der Waals surface area contributed by atoms with Gasteiger partial charge in [0, 0.05) is 43.3 Å². The zero-order chi connectivity index (χ0) is 20.3. The van der Waals surface area contributed by atoms with Crippen LogP contribution in [0.15, 0.2) is 30.5 Å². The number of ether oxygens (including phenoxy) is 1. The maximum atomic E-state index is 12.2. The van der Waals surface area contributed by atoms with Crippen LogP contribution in [0.5, 0.6) is 0 Å². The van der Waals surface area contributed by atoms with Gasteiger partial charge in [0.05, 0.1) is 11.2 Å². The Morgan fingerprint density at radius 1 is 1.14 bits per heavy atom. The Morgan fingerprint density at radius 3 is 2.46 bits per heavy atom. The van der Waals surface area contributed by atoms with Crippen molar-refractivity contribution >= 4 is 34.3 Å². The van der Waals surface area contributed by atoms with Gasteiger partial charge in [0.15, 0.2) is 0 Å². The number of carbonyl (C=O) groups excluding carboxylic acids is 2. The largest absolute Gasteiger partial charge is 0.444 e. The van der Waals surface area contributed by atoms with E-state index in [-0.39, 0.29) is 18.0 Å². The fraction of sp³-hybridized carbons (Fsp3) is 0.476. The number of pyridine rings is 1. The van der Waals surface area contributed by atoms with Crippen molar-refractivity contribution in [2.45, 2.75) is 52.2 Å². The number of hydrogen-bond donors (Lipinski definition) is 2. The number of aromatic nitrogens is 1. The number of nitrogens with zero attached hydrogens (tertiary/aromatic N) is 2. The van der Waals surface area contributed by atoms with Gasteiger partial charge in [-0.1, -0.05) is 0 Å². The second-order valence-corrected chi connectivity index (χ2v) is 8.13. The fourth-order valence-corrected chi connectivity index (χ4v) is 3.34. The lowest BCUT2D eigenvalue weighted by molar-refractivity contribution is -0.114. The molecule has 1 saturated heterocycles. The van der Waals surface area contributed by atoms with Gasteiger partial charge in [-0.15, -0.1) is 0 Å². The molecule has 3 rings (SSSR count). The molecule has 2 aromatic rings. The number of rotatable bonds is 3. The first-order valence-corrected chi connectivity index (χ1v) is 9.63. The van der Waals surface area contributed by atoms with Gasteiger partial charge in [-0.2, -0.15) is 0 Å². The van der Waals surface area contributed by atoms with Gasteiger partial charge in [-0.25, -0.2) is 4.79 Å². The number of fused-ring (bicyclic) bond motifs is 1. The molecule has 0 atom stereocenters. The number of anilines is 2. The Kier molecular flexibility index (Phi) is 5.72. The summed E-state index contributed by atoms with van der Waals surface area (Å²) in [7, 11) is 0. The maximum absolute atomic E-state index is 12.2. The highest BCUT2D eigenvalue weighted by Crippen LogP contribution is 2.30. The molecule has 0 saturated carbocycles. The van der Waals surface area contributed by atoms with Crippen molar-refractivity contribution in [3.8, 4) is 0 Å². The third-order valence-electron chi connectivity index (χ3n) is 4.59.